The zero-order valence-electron chi connectivity index (χ0n) is 11.4. The first kappa shape index (κ1) is 13.1. The molecule has 1 amide bonds. The van der Waals surface area contributed by atoms with Crippen molar-refractivity contribution in [2.75, 3.05) is 5.32 Å². The van der Waals surface area contributed by atoms with Gasteiger partial charge in [-0.2, -0.15) is 0 Å². The molecule has 0 radical (unpaired) electrons. The standard InChI is InChI=1S/C15H18N2O3/c1-2-14-17-11-8-9(6-7-13(11)20-14)16-15(19)10-4-3-5-12(10)18/h6-8,10,12,18H,2-5H2,1H3,(H,16,19). The number of oxazole rings is 1. The van der Waals surface area contributed by atoms with Gasteiger partial charge in [0.15, 0.2) is 11.5 Å². The number of benzene rings is 1. The number of aliphatic hydroxyl groups is 1. The average molecular weight is 274 g/mol. The van der Waals surface area contributed by atoms with Crippen LogP contribution in [0.4, 0.5) is 5.69 Å². The molecule has 1 heterocycles. The summed E-state index contributed by atoms with van der Waals surface area (Å²) in [4.78, 5) is 16.5. The average Bonchev–Trinajstić information content (AvgIpc) is 3.03. The van der Waals surface area contributed by atoms with Gasteiger partial charge in [0.25, 0.3) is 0 Å². The third-order valence-electron chi connectivity index (χ3n) is 3.82. The fourth-order valence-corrected chi connectivity index (χ4v) is 2.69. The lowest BCUT2D eigenvalue weighted by Crippen LogP contribution is -2.28. The first-order valence-electron chi connectivity index (χ1n) is 7.05. The van der Waals surface area contributed by atoms with Crippen LogP contribution in [0, 0.1) is 5.92 Å². The summed E-state index contributed by atoms with van der Waals surface area (Å²) in [7, 11) is 0. The molecule has 3 rings (SSSR count). The summed E-state index contributed by atoms with van der Waals surface area (Å²) >= 11 is 0. The van der Waals surface area contributed by atoms with Gasteiger partial charge < -0.3 is 14.8 Å². The molecule has 5 nitrogen and oxygen atoms in total. The number of aromatic nitrogens is 1. The van der Waals surface area contributed by atoms with Gasteiger partial charge in [0, 0.05) is 12.1 Å². The number of aliphatic hydroxyl groups excluding tert-OH is 1. The van der Waals surface area contributed by atoms with Crippen molar-refractivity contribution in [3.63, 3.8) is 0 Å². The van der Waals surface area contributed by atoms with Crippen molar-refractivity contribution < 1.29 is 14.3 Å². The van der Waals surface area contributed by atoms with Gasteiger partial charge in [0.2, 0.25) is 5.91 Å². The molecule has 2 N–H and O–H groups in total. The minimum absolute atomic E-state index is 0.117. The molecule has 0 saturated heterocycles. The van der Waals surface area contributed by atoms with Gasteiger partial charge in [0.05, 0.1) is 12.0 Å². The summed E-state index contributed by atoms with van der Waals surface area (Å²) in [6.45, 7) is 1.98. The van der Waals surface area contributed by atoms with Gasteiger partial charge in [0.1, 0.15) is 5.52 Å². The molecular weight excluding hydrogens is 256 g/mol. The Morgan fingerprint density at radius 3 is 3.05 bits per heavy atom. The molecule has 20 heavy (non-hydrogen) atoms. The number of carbonyl (C=O) groups is 1. The molecule has 5 heteroatoms. The Balaban J connectivity index is 1.78. The third-order valence-corrected chi connectivity index (χ3v) is 3.82. The van der Waals surface area contributed by atoms with Crippen molar-refractivity contribution in [3.8, 4) is 0 Å². The van der Waals surface area contributed by atoms with Gasteiger partial charge in [-0.1, -0.05) is 6.92 Å². The fourth-order valence-electron chi connectivity index (χ4n) is 2.69. The second-order valence-electron chi connectivity index (χ2n) is 5.24. The Hall–Kier alpha value is -1.88. The first-order chi connectivity index (χ1) is 9.67. The maximum atomic E-state index is 12.1. The molecular formula is C15H18N2O3. The van der Waals surface area contributed by atoms with E-state index in [0.717, 1.165) is 30.4 Å². The zero-order chi connectivity index (χ0) is 14.1. The predicted octanol–water partition coefficient (Wildman–Crippen LogP) is 2.49. The fraction of sp³-hybridized carbons (Fsp3) is 0.467. The maximum absolute atomic E-state index is 12.1. The van der Waals surface area contributed by atoms with Crippen LogP contribution in [0.5, 0.6) is 0 Å². The van der Waals surface area contributed by atoms with Gasteiger partial charge in [-0.05, 0) is 37.5 Å². The summed E-state index contributed by atoms with van der Waals surface area (Å²) in [5.74, 6) is 0.275. The number of hydrogen-bond donors (Lipinski definition) is 2. The Bertz CT molecular complexity index is 635. The number of nitrogens with zero attached hydrogens (tertiary/aromatic N) is 1. The van der Waals surface area contributed by atoms with Crippen LogP contribution in [0.25, 0.3) is 11.1 Å². The number of nitrogens with one attached hydrogen (secondary N) is 1. The molecule has 1 aromatic carbocycles. The summed E-state index contributed by atoms with van der Waals surface area (Å²) in [5.41, 5.74) is 2.16. The molecule has 0 spiro atoms. The van der Waals surface area contributed by atoms with E-state index in [2.05, 4.69) is 10.3 Å². The number of carbonyl (C=O) groups excluding carboxylic acids is 1. The number of hydrogen-bond acceptors (Lipinski definition) is 4. The maximum Gasteiger partial charge on any atom is 0.230 e. The molecule has 1 saturated carbocycles. The van der Waals surface area contributed by atoms with E-state index in [9.17, 15) is 9.90 Å². The second-order valence-corrected chi connectivity index (χ2v) is 5.24. The Labute approximate surface area is 117 Å². The topological polar surface area (TPSA) is 75.4 Å². The molecule has 1 fully saturated rings. The van der Waals surface area contributed by atoms with Crippen molar-refractivity contribution in [3.05, 3.63) is 24.1 Å². The SMILES string of the molecule is CCc1nc2cc(NC(=O)C3CCCC3O)ccc2o1. The van der Waals surface area contributed by atoms with Crippen molar-refractivity contribution in [1.29, 1.82) is 0 Å². The normalized spacial score (nSPS) is 22.3. The van der Waals surface area contributed by atoms with Crippen LogP contribution >= 0.6 is 0 Å². The highest BCUT2D eigenvalue weighted by Crippen LogP contribution is 2.27. The number of aryl methyl sites for hydroxylation is 1. The lowest BCUT2D eigenvalue weighted by Gasteiger charge is -2.14. The van der Waals surface area contributed by atoms with Crippen LogP contribution in [0.3, 0.4) is 0 Å². The second kappa shape index (κ2) is 5.25. The van der Waals surface area contributed by atoms with Gasteiger partial charge >= 0.3 is 0 Å². The summed E-state index contributed by atoms with van der Waals surface area (Å²) in [6.07, 6.45) is 2.59. The molecule has 0 bridgehead atoms. The van der Waals surface area contributed by atoms with E-state index < -0.39 is 6.10 Å². The molecule has 2 atom stereocenters. The highest BCUT2D eigenvalue weighted by Gasteiger charge is 2.31. The van der Waals surface area contributed by atoms with Crippen LogP contribution in [-0.2, 0) is 11.2 Å². The highest BCUT2D eigenvalue weighted by atomic mass is 16.3. The lowest BCUT2D eigenvalue weighted by molar-refractivity contribution is -0.122. The quantitative estimate of drug-likeness (QED) is 0.901. The minimum atomic E-state index is -0.516. The van der Waals surface area contributed by atoms with Gasteiger partial charge in [-0.15, -0.1) is 0 Å². The number of fused-ring (bicyclic) bond motifs is 1. The van der Waals surface area contributed by atoms with E-state index in [1.165, 1.54) is 0 Å². The van der Waals surface area contributed by atoms with Gasteiger partial charge in [-0.25, -0.2) is 4.98 Å². The summed E-state index contributed by atoms with van der Waals surface area (Å²) < 4.78 is 5.53. The largest absolute Gasteiger partial charge is 0.441 e. The van der Waals surface area contributed by atoms with Crippen molar-refractivity contribution in [2.45, 2.75) is 38.7 Å². The van der Waals surface area contributed by atoms with Crippen LogP contribution < -0.4 is 5.32 Å². The molecule has 0 aliphatic heterocycles. The smallest absolute Gasteiger partial charge is 0.230 e. The van der Waals surface area contributed by atoms with Crippen LogP contribution in [0.1, 0.15) is 32.1 Å². The lowest BCUT2D eigenvalue weighted by atomic mass is 10.1. The molecule has 1 aliphatic carbocycles. The first-order valence-corrected chi connectivity index (χ1v) is 7.05. The van der Waals surface area contributed by atoms with E-state index in [1.807, 2.05) is 13.0 Å². The van der Waals surface area contributed by atoms with Crippen LogP contribution in [-0.4, -0.2) is 22.1 Å². The van der Waals surface area contributed by atoms with Crippen molar-refractivity contribution in [2.24, 2.45) is 5.92 Å². The molecule has 106 valence electrons. The van der Waals surface area contributed by atoms with Crippen LogP contribution in [0.2, 0.25) is 0 Å². The van der Waals surface area contributed by atoms with Gasteiger partial charge in [-0.3, -0.25) is 4.79 Å². The molecule has 2 unspecified atom stereocenters. The number of anilines is 1. The van der Waals surface area contributed by atoms with E-state index in [0.29, 0.717) is 18.0 Å². The summed E-state index contributed by atoms with van der Waals surface area (Å²) in [6, 6.07) is 5.41. The number of amides is 1. The van der Waals surface area contributed by atoms with Crippen LogP contribution in [0.15, 0.2) is 22.6 Å². The van der Waals surface area contributed by atoms with Crippen molar-refractivity contribution in [1.82, 2.24) is 4.98 Å². The molecule has 1 aliphatic rings. The zero-order valence-corrected chi connectivity index (χ0v) is 11.4. The van der Waals surface area contributed by atoms with E-state index in [4.69, 9.17) is 4.42 Å². The predicted molar refractivity (Wildman–Crippen MR) is 75.4 cm³/mol. The minimum Gasteiger partial charge on any atom is -0.441 e. The monoisotopic (exact) mass is 274 g/mol. The Morgan fingerprint density at radius 1 is 1.50 bits per heavy atom. The summed E-state index contributed by atoms with van der Waals surface area (Å²) in [5, 5.41) is 12.6. The molecule has 2 aromatic rings. The third kappa shape index (κ3) is 2.41. The molecule has 1 aromatic heterocycles. The van der Waals surface area contributed by atoms with Crippen molar-refractivity contribution >= 4 is 22.7 Å². The van der Waals surface area contributed by atoms with E-state index in [1.54, 1.807) is 12.1 Å². The number of rotatable bonds is 3. The Kier molecular flexibility index (Phi) is 3.44. The Morgan fingerprint density at radius 2 is 2.35 bits per heavy atom. The highest BCUT2D eigenvalue weighted by molar-refractivity contribution is 5.94. The van der Waals surface area contributed by atoms with E-state index in [-0.39, 0.29) is 11.8 Å². The van der Waals surface area contributed by atoms with E-state index >= 15 is 0 Å².